The van der Waals surface area contributed by atoms with E-state index in [2.05, 4.69) is 102 Å². The fraction of sp³-hybridized carbons (Fsp3) is 0.303. The smallest absolute Gasteiger partial charge is 0.308 e. The van der Waals surface area contributed by atoms with E-state index < -0.39 is 23.6 Å². The molecule has 4 rings (SSSR count). The third-order valence-corrected chi connectivity index (χ3v) is 7.21. The van der Waals surface area contributed by atoms with E-state index in [9.17, 15) is 14.4 Å². The number of nitrogens with one attached hydrogen (secondary N) is 3. The largest absolute Gasteiger partial charge is 0.461 e. The lowest BCUT2D eigenvalue weighted by Crippen LogP contribution is -2.62. The van der Waals surface area contributed by atoms with Crippen molar-refractivity contribution < 1.29 is 19.1 Å². The van der Waals surface area contributed by atoms with Gasteiger partial charge in [-0.2, -0.15) is 0 Å². The predicted molar refractivity (Wildman–Crippen MR) is 155 cm³/mol. The standard InChI is InChI=1S/C33H37N3O4/c1-3-22-40-30(37)23-29-32(39)35-28(31(38)36-29)16-10-11-21-34-33(25-12-6-4-7-13-25,26-14-8-5-9-15-26)27-19-17-24(2)18-20-27/h3-9,12-15,17-20,28-29,34H,1,10-11,16,21-23H2,2H3,(H,35,39)(H,36,38)/t28-,29-/m0/s1. The summed E-state index contributed by atoms with van der Waals surface area (Å²) in [5, 5.41) is 9.29. The zero-order chi connectivity index (χ0) is 28.4. The first-order valence-corrected chi connectivity index (χ1v) is 13.7. The topological polar surface area (TPSA) is 96.5 Å². The van der Waals surface area contributed by atoms with Crippen LogP contribution in [0.25, 0.3) is 0 Å². The number of piperazine rings is 1. The van der Waals surface area contributed by atoms with Crippen LogP contribution in [0.15, 0.2) is 97.6 Å². The molecule has 0 spiro atoms. The number of hydrogen-bond acceptors (Lipinski definition) is 5. The van der Waals surface area contributed by atoms with Gasteiger partial charge in [-0.25, -0.2) is 0 Å². The second kappa shape index (κ2) is 13.7. The second-order valence-corrected chi connectivity index (χ2v) is 10.1. The molecule has 2 atom stereocenters. The van der Waals surface area contributed by atoms with Crippen LogP contribution in [0.5, 0.6) is 0 Å². The van der Waals surface area contributed by atoms with Crippen LogP contribution in [0, 0.1) is 6.92 Å². The van der Waals surface area contributed by atoms with Crippen molar-refractivity contribution in [2.75, 3.05) is 13.2 Å². The molecule has 2 amide bonds. The fourth-order valence-corrected chi connectivity index (χ4v) is 5.14. The maximum Gasteiger partial charge on any atom is 0.308 e. The summed E-state index contributed by atoms with van der Waals surface area (Å²) in [7, 11) is 0. The van der Waals surface area contributed by atoms with Crippen LogP contribution in [0.2, 0.25) is 0 Å². The van der Waals surface area contributed by atoms with Crippen molar-refractivity contribution in [3.05, 3.63) is 120 Å². The highest BCUT2D eigenvalue weighted by molar-refractivity contribution is 5.98. The minimum atomic E-state index is -0.922. The van der Waals surface area contributed by atoms with Gasteiger partial charge < -0.3 is 15.4 Å². The van der Waals surface area contributed by atoms with E-state index in [1.54, 1.807) is 0 Å². The van der Waals surface area contributed by atoms with E-state index in [1.165, 1.54) is 11.6 Å². The SMILES string of the molecule is C=CCOC(=O)C[C@@H]1NC(=O)[C@H](CCCCNC(c2ccccc2)(c2ccccc2)c2ccc(C)cc2)NC1=O. The zero-order valence-electron chi connectivity index (χ0n) is 22.9. The Morgan fingerprint density at radius 1 is 0.850 bits per heavy atom. The molecule has 7 nitrogen and oxygen atoms in total. The molecule has 3 aromatic rings. The second-order valence-electron chi connectivity index (χ2n) is 10.1. The van der Waals surface area contributed by atoms with Gasteiger partial charge in [-0.05, 0) is 49.4 Å². The van der Waals surface area contributed by atoms with Crippen LogP contribution in [0.4, 0.5) is 0 Å². The van der Waals surface area contributed by atoms with Gasteiger partial charge in [0.05, 0.1) is 12.0 Å². The van der Waals surface area contributed by atoms with E-state index in [0.717, 1.165) is 29.5 Å². The highest BCUT2D eigenvalue weighted by Crippen LogP contribution is 2.37. The molecule has 0 aliphatic carbocycles. The summed E-state index contributed by atoms with van der Waals surface area (Å²) in [6.45, 7) is 6.33. The van der Waals surface area contributed by atoms with E-state index in [0.29, 0.717) is 13.0 Å². The zero-order valence-corrected chi connectivity index (χ0v) is 22.9. The molecule has 0 radical (unpaired) electrons. The van der Waals surface area contributed by atoms with Crippen molar-refractivity contribution in [1.29, 1.82) is 0 Å². The van der Waals surface area contributed by atoms with Gasteiger partial charge >= 0.3 is 5.97 Å². The molecule has 0 aromatic heterocycles. The molecule has 7 heteroatoms. The Morgan fingerprint density at radius 2 is 1.40 bits per heavy atom. The molecule has 1 fully saturated rings. The van der Waals surface area contributed by atoms with Crippen molar-refractivity contribution in [1.82, 2.24) is 16.0 Å². The monoisotopic (exact) mass is 539 g/mol. The van der Waals surface area contributed by atoms with Gasteiger partial charge in [0.15, 0.2) is 0 Å². The number of aryl methyl sites for hydroxylation is 1. The van der Waals surface area contributed by atoms with Crippen LogP contribution < -0.4 is 16.0 Å². The molecular weight excluding hydrogens is 502 g/mol. The Morgan fingerprint density at radius 3 is 2.00 bits per heavy atom. The lowest BCUT2D eigenvalue weighted by Gasteiger charge is -2.37. The Bertz CT molecular complexity index is 1250. The van der Waals surface area contributed by atoms with Crippen LogP contribution in [-0.4, -0.2) is 43.0 Å². The maximum atomic E-state index is 12.6. The molecule has 1 saturated heterocycles. The third kappa shape index (κ3) is 6.85. The quantitative estimate of drug-likeness (QED) is 0.131. The average molecular weight is 540 g/mol. The number of benzene rings is 3. The van der Waals surface area contributed by atoms with Crippen LogP contribution in [-0.2, 0) is 24.7 Å². The maximum absolute atomic E-state index is 12.6. The van der Waals surface area contributed by atoms with Gasteiger partial charge in [-0.3, -0.25) is 19.7 Å². The Balaban J connectivity index is 1.41. The van der Waals surface area contributed by atoms with Gasteiger partial charge in [0.1, 0.15) is 18.7 Å². The van der Waals surface area contributed by atoms with Gasteiger partial charge in [0.25, 0.3) is 0 Å². The minimum absolute atomic E-state index is 0.0670. The number of rotatable bonds is 13. The summed E-state index contributed by atoms with van der Waals surface area (Å²) < 4.78 is 4.93. The van der Waals surface area contributed by atoms with Crippen LogP contribution >= 0.6 is 0 Å². The van der Waals surface area contributed by atoms with Crippen molar-refractivity contribution in [3.8, 4) is 0 Å². The molecule has 0 unspecified atom stereocenters. The average Bonchev–Trinajstić information content (AvgIpc) is 2.98. The number of carbonyl (C=O) groups excluding carboxylic acids is 3. The van der Waals surface area contributed by atoms with Crippen molar-refractivity contribution in [2.24, 2.45) is 0 Å². The van der Waals surface area contributed by atoms with Crippen molar-refractivity contribution in [3.63, 3.8) is 0 Å². The fourth-order valence-electron chi connectivity index (χ4n) is 5.14. The normalized spacial score (nSPS) is 17.0. The van der Waals surface area contributed by atoms with Crippen LogP contribution in [0.3, 0.4) is 0 Å². The van der Waals surface area contributed by atoms with Gasteiger partial charge in [-0.1, -0.05) is 103 Å². The lowest BCUT2D eigenvalue weighted by atomic mass is 9.76. The summed E-state index contributed by atoms with van der Waals surface area (Å²) in [5.41, 5.74) is 4.07. The molecule has 1 heterocycles. The number of amides is 2. The first kappa shape index (κ1) is 28.8. The number of ether oxygens (including phenoxy) is 1. The van der Waals surface area contributed by atoms with E-state index in [-0.39, 0.29) is 24.8 Å². The molecule has 1 aliphatic heterocycles. The summed E-state index contributed by atoms with van der Waals surface area (Å²) in [5.74, 6) is -1.21. The Labute approximate surface area is 236 Å². The summed E-state index contributed by atoms with van der Waals surface area (Å²) in [6, 6.07) is 27.9. The molecule has 0 bridgehead atoms. The predicted octanol–water partition coefficient (Wildman–Crippen LogP) is 4.15. The van der Waals surface area contributed by atoms with Crippen LogP contribution in [0.1, 0.15) is 47.9 Å². The molecule has 3 N–H and O–H groups in total. The van der Waals surface area contributed by atoms with Crippen molar-refractivity contribution in [2.45, 2.75) is 50.2 Å². The third-order valence-electron chi connectivity index (χ3n) is 7.21. The molecule has 208 valence electrons. The van der Waals surface area contributed by atoms with E-state index in [4.69, 9.17) is 4.74 Å². The minimum Gasteiger partial charge on any atom is -0.461 e. The Hall–Kier alpha value is -4.23. The van der Waals surface area contributed by atoms with Crippen molar-refractivity contribution >= 4 is 17.8 Å². The summed E-state index contributed by atoms with van der Waals surface area (Å²) >= 11 is 0. The first-order valence-electron chi connectivity index (χ1n) is 13.7. The van der Waals surface area contributed by atoms with Gasteiger partial charge in [0.2, 0.25) is 11.8 Å². The number of hydrogen-bond donors (Lipinski definition) is 3. The lowest BCUT2D eigenvalue weighted by molar-refractivity contribution is -0.146. The molecule has 0 saturated carbocycles. The molecule has 3 aromatic carbocycles. The Kier molecular flexibility index (Phi) is 9.86. The highest BCUT2D eigenvalue weighted by atomic mass is 16.5. The first-order chi connectivity index (χ1) is 19.4. The molecule has 40 heavy (non-hydrogen) atoms. The number of unbranched alkanes of at least 4 members (excludes halogenated alkanes) is 1. The summed E-state index contributed by atoms with van der Waals surface area (Å²) in [6.07, 6.45) is 3.27. The number of carbonyl (C=O) groups is 3. The van der Waals surface area contributed by atoms with Gasteiger partial charge in [0, 0.05) is 0 Å². The summed E-state index contributed by atoms with van der Waals surface area (Å²) in [4.78, 5) is 37.0. The molecule has 1 aliphatic rings. The van der Waals surface area contributed by atoms with E-state index >= 15 is 0 Å². The highest BCUT2D eigenvalue weighted by Gasteiger charge is 2.36. The molecular formula is C33H37N3O4. The van der Waals surface area contributed by atoms with Gasteiger partial charge in [-0.15, -0.1) is 0 Å². The van der Waals surface area contributed by atoms with E-state index in [1.807, 2.05) is 12.1 Å². The number of esters is 1.